The van der Waals surface area contributed by atoms with Crippen molar-refractivity contribution in [3.8, 4) is 0 Å². The zero-order valence-electron chi connectivity index (χ0n) is 14.0. The van der Waals surface area contributed by atoms with Crippen LogP contribution in [0.15, 0.2) is 49.1 Å². The monoisotopic (exact) mass is 368 g/mol. The normalized spacial score (nSPS) is 13.8. The predicted molar refractivity (Wildman–Crippen MR) is 98.3 cm³/mol. The fourth-order valence-corrected chi connectivity index (χ4v) is 3.44. The van der Waals surface area contributed by atoms with Crippen LogP contribution in [0.2, 0.25) is 5.02 Å². The Hall–Kier alpha value is -2.70. The Morgan fingerprint density at radius 1 is 1.23 bits per heavy atom. The van der Waals surface area contributed by atoms with Gasteiger partial charge < -0.3 is 14.6 Å². The Kier molecular flexibility index (Phi) is 4.44. The highest BCUT2D eigenvalue weighted by Crippen LogP contribution is 2.26. The summed E-state index contributed by atoms with van der Waals surface area (Å²) in [5.41, 5.74) is 3.36. The fourth-order valence-electron chi connectivity index (χ4n) is 3.24. The Morgan fingerprint density at radius 3 is 2.96 bits per heavy atom. The molecular formula is C19H17ClN4O2. The highest BCUT2D eigenvalue weighted by atomic mass is 35.5. The van der Waals surface area contributed by atoms with Crippen LogP contribution in [0.4, 0.5) is 5.69 Å². The van der Waals surface area contributed by atoms with Gasteiger partial charge in [0.1, 0.15) is 12.4 Å². The SMILES string of the molecule is O=C1c2ccc(Cl)cc2CCN1c1cncc(Cn2ccnc2CO)c1. The van der Waals surface area contributed by atoms with Crippen molar-refractivity contribution in [1.82, 2.24) is 14.5 Å². The van der Waals surface area contributed by atoms with Crippen LogP contribution in [0.1, 0.15) is 27.3 Å². The number of rotatable bonds is 4. The molecule has 0 saturated heterocycles. The van der Waals surface area contributed by atoms with Gasteiger partial charge in [0.25, 0.3) is 5.91 Å². The van der Waals surface area contributed by atoms with E-state index in [-0.39, 0.29) is 12.5 Å². The van der Waals surface area contributed by atoms with E-state index in [0.29, 0.717) is 29.5 Å². The van der Waals surface area contributed by atoms with Gasteiger partial charge in [0.15, 0.2) is 0 Å². The minimum Gasteiger partial charge on any atom is -0.388 e. The van der Waals surface area contributed by atoms with Crippen LogP contribution < -0.4 is 4.90 Å². The zero-order chi connectivity index (χ0) is 18.1. The van der Waals surface area contributed by atoms with Gasteiger partial charge in [0, 0.05) is 35.7 Å². The van der Waals surface area contributed by atoms with Crippen molar-refractivity contribution in [3.05, 3.63) is 76.6 Å². The quantitative estimate of drug-likeness (QED) is 0.768. The van der Waals surface area contributed by atoms with Crippen molar-refractivity contribution in [2.75, 3.05) is 11.4 Å². The molecule has 4 rings (SSSR count). The van der Waals surface area contributed by atoms with Crippen molar-refractivity contribution < 1.29 is 9.90 Å². The second-order valence-electron chi connectivity index (χ2n) is 6.19. The van der Waals surface area contributed by atoms with E-state index < -0.39 is 0 Å². The Labute approximate surface area is 155 Å². The molecule has 3 aromatic rings. The standard InChI is InChI=1S/C19H17ClN4O2/c20-15-1-2-17-14(8-15)3-5-24(19(17)26)16-7-13(9-21-10-16)11-23-6-4-22-18(23)12-25/h1-2,4,6-10,25H,3,5,11-12H2. The maximum absolute atomic E-state index is 12.9. The molecule has 3 heterocycles. The van der Waals surface area contributed by atoms with Gasteiger partial charge in [-0.3, -0.25) is 9.78 Å². The maximum Gasteiger partial charge on any atom is 0.258 e. The van der Waals surface area contributed by atoms with Crippen LogP contribution in [0.3, 0.4) is 0 Å². The summed E-state index contributed by atoms with van der Waals surface area (Å²) in [5, 5.41) is 9.98. The number of carbonyl (C=O) groups is 1. The van der Waals surface area contributed by atoms with E-state index in [9.17, 15) is 9.90 Å². The van der Waals surface area contributed by atoms with Gasteiger partial charge in [-0.05, 0) is 41.8 Å². The Morgan fingerprint density at radius 2 is 2.12 bits per heavy atom. The molecule has 0 fully saturated rings. The third-order valence-corrected chi connectivity index (χ3v) is 4.77. The number of carbonyl (C=O) groups excluding carboxylic acids is 1. The number of halogens is 1. The van der Waals surface area contributed by atoms with E-state index in [2.05, 4.69) is 9.97 Å². The first-order valence-corrected chi connectivity index (χ1v) is 8.68. The minimum atomic E-state index is -0.121. The molecule has 26 heavy (non-hydrogen) atoms. The lowest BCUT2D eigenvalue weighted by atomic mass is 9.98. The molecule has 1 aliphatic heterocycles. The van der Waals surface area contributed by atoms with Crippen LogP contribution in [-0.4, -0.2) is 32.1 Å². The van der Waals surface area contributed by atoms with Crippen LogP contribution in [0.5, 0.6) is 0 Å². The summed E-state index contributed by atoms with van der Waals surface area (Å²) in [6, 6.07) is 7.33. The van der Waals surface area contributed by atoms with Gasteiger partial charge in [-0.1, -0.05) is 11.6 Å². The molecule has 2 aromatic heterocycles. The van der Waals surface area contributed by atoms with Crippen molar-refractivity contribution in [3.63, 3.8) is 0 Å². The van der Waals surface area contributed by atoms with E-state index in [0.717, 1.165) is 23.2 Å². The minimum absolute atomic E-state index is 0.0412. The van der Waals surface area contributed by atoms with Crippen molar-refractivity contribution in [2.24, 2.45) is 0 Å². The lowest BCUT2D eigenvalue weighted by molar-refractivity contribution is 0.0980. The summed E-state index contributed by atoms with van der Waals surface area (Å²) in [5.74, 6) is 0.552. The molecule has 0 radical (unpaired) electrons. The van der Waals surface area contributed by atoms with E-state index in [1.807, 2.05) is 22.9 Å². The summed E-state index contributed by atoms with van der Waals surface area (Å²) in [6.07, 6.45) is 7.67. The number of benzene rings is 1. The summed E-state index contributed by atoms with van der Waals surface area (Å²) < 4.78 is 1.86. The number of pyridine rings is 1. The number of aliphatic hydroxyl groups is 1. The van der Waals surface area contributed by atoms with Gasteiger partial charge in [-0.15, -0.1) is 0 Å². The number of aromatic nitrogens is 3. The molecule has 6 nitrogen and oxygen atoms in total. The van der Waals surface area contributed by atoms with Crippen molar-refractivity contribution in [1.29, 1.82) is 0 Å². The number of imidazole rings is 1. The Bertz CT molecular complexity index is 970. The Balaban J connectivity index is 1.61. The molecule has 1 amide bonds. The molecule has 1 aromatic carbocycles. The highest BCUT2D eigenvalue weighted by Gasteiger charge is 2.25. The topological polar surface area (TPSA) is 71.2 Å². The van der Waals surface area contributed by atoms with Gasteiger partial charge >= 0.3 is 0 Å². The van der Waals surface area contributed by atoms with E-state index in [1.165, 1.54) is 0 Å². The van der Waals surface area contributed by atoms with Crippen molar-refractivity contribution in [2.45, 2.75) is 19.6 Å². The highest BCUT2D eigenvalue weighted by molar-refractivity contribution is 6.30. The molecular weight excluding hydrogens is 352 g/mol. The molecule has 0 bridgehead atoms. The summed E-state index contributed by atoms with van der Waals surface area (Å²) in [7, 11) is 0. The molecule has 7 heteroatoms. The average Bonchev–Trinajstić information content (AvgIpc) is 3.09. The molecule has 0 aliphatic carbocycles. The first-order chi connectivity index (χ1) is 12.7. The molecule has 0 saturated carbocycles. The zero-order valence-corrected chi connectivity index (χ0v) is 14.7. The van der Waals surface area contributed by atoms with E-state index >= 15 is 0 Å². The predicted octanol–water partition coefficient (Wildman–Crippen LogP) is 2.67. The number of aliphatic hydroxyl groups excluding tert-OH is 1. The first-order valence-electron chi connectivity index (χ1n) is 8.31. The lowest BCUT2D eigenvalue weighted by Crippen LogP contribution is -2.37. The van der Waals surface area contributed by atoms with Crippen LogP contribution in [0, 0.1) is 0 Å². The number of amides is 1. The summed E-state index contributed by atoms with van der Waals surface area (Å²) >= 11 is 6.03. The molecule has 0 unspecified atom stereocenters. The number of anilines is 1. The fraction of sp³-hybridized carbons (Fsp3) is 0.211. The number of fused-ring (bicyclic) bond motifs is 1. The third-order valence-electron chi connectivity index (χ3n) is 4.54. The second kappa shape index (κ2) is 6.90. The molecule has 0 spiro atoms. The van der Waals surface area contributed by atoms with Gasteiger partial charge in [-0.2, -0.15) is 0 Å². The van der Waals surface area contributed by atoms with Gasteiger partial charge in [0.05, 0.1) is 18.4 Å². The maximum atomic E-state index is 12.9. The largest absolute Gasteiger partial charge is 0.388 e. The van der Waals surface area contributed by atoms with Gasteiger partial charge in [-0.25, -0.2) is 4.98 Å². The van der Waals surface area contributed by atoms with Crippen LogP contribution in [0.25, 0.3) is 0 Å². The van der Waals surface area contributed by atoms with E-state index in [1.54, 1.807) is 35.6 Å². The van der Waals surface area contributed by atoms with Crippen LogP contribution >= 0.6 is 11.6 Å². The average molecular weight is 369 g/mol. The second-order valence-corrected chi connectivity index (χ2v) is 6.63. The third kappa shape index (κ3) is 3.09. The van der Waals surface area contributed by atoms with Gasteiger partial charge in [0.2, 0.25) is 0 Å². The van der Waals surface area contributed by atoms with Crippen molar-refractivity contribution >= 4 is 23.2 Å². The molecule has 0 atom stereocenters. The number of hydrogen-bond donors (Lipinski definition) is 1. The first kappa shape index (κ1) is 16.8. The molecule has 1 N–H and O–H groups in total. The lowest BCUT2D eigenvalue weighted by Gasteiger charge is -2.28. The molecule has 132 valence electrons. The number of nitrogens with zero attached hydrogens (tertiary/aromatic N) is 4. The smallest absolute Gasteiger partial charge is 0.258 e. The number of hydrogen-bond acceptors (Lipinski definition) is 4. The van der Waals surface area contributed by atoms with E-state index in [4.69, 9.17) is 11.6 Å². The summed E-state index contributed by atoms with van der Waals surface area (Å²) in [6.45, 7) is 0.999. The molecule has 1 aliphatic rings. The van der Waals surface area contributed by atoms with Crippen LogP contribution in [-0.2, 0) is 19.6 Å². The summed E-state index contributed by atoms with van der Waals surface area (Å²) in [4.78, 5) is 23.0.